The summed E-state index contributed by atoms with van der Waals surface area (Å²) >= 11 is 0. The lowest BCUT2D eigenvalue weighted by atomic mass is 9.92. The molecule has 7 heteroatoms. The molecule has 0 unspecified atom stereocenters. The molecule has 110 valence electrons. The average molecular weight is 292 g/mol. The second kappa shape index (κ2) is 4.47. The van der Waals surface area contributed by atoms with E-state index in [2.05, 4.69) is 4.74 Å². The van der Waals surface area contributed by atoms with Gasteiger partial charge in [-0.3, -0.25) is 9.59 Å². The predicted molar refractivity (Wildman–Crippen MR) is 67.6 cm³/mol. The van der Waals surface area contributed by atoms with Crippen LogP contribution < -0.4 is 9.47 Å². The number of carbonyl (C=O) groups excluding carboxylic acids is 2. The fraction of sp³-hybridized carbons (Fsp3) is 0.357. The van der Waals surface area contributed by atoms with Crippen molar-refractivity contribution in [2.75, 3.05) is 7.11 Å². The first-order chi connectivity index (χ1) is 9.93. The minimum Gasteiger partial charge on any atom is -0.486 e. The molecule has 0 fully saturated rings. The van der Waals surface area contributed by atoms with Gasteiger partial charge in [0.05, 0.1) is 12.7 Å². The summed E-state index contributed by atoms with van der Waals surface area (Å²) in [6.07, 6.45) is 0.368. The number of esters is 2. The van der Waals surface area contributed by atoms with Crippen LogP contribution in [0.4, 0.5) is 0 Å². The van der Waals surface area contributed by atoms with Gasteiger partial charge < -0.3 is 19.3 Å². The second-order valence-corrected chi connectivity index (χ2v) is 4.97. The van der Waals surface area contributed by atoms with Crippen molar-refractivity contribution in [3.63, 3.8) is 0 Å². The van der Waals surface area contributed by atoms with E-state index in [1.807, 2.05) is 6.92 Å². The predicted octanol–water partition coefficient (Wildman–Crippen LogP) is 0.884. The van der Waals surface area contributed by atoms with Crippen LogP contribution in [-0.2, 0) is 20.7 Å². The van der Waals surface area contributed by atoms with E-state index in [1.54, 1.807) is 0 Å². The van der Waals surface area contributed by atoms with E-state index < -0.39 is 23.8 Å². The molecule has 2 atom stereocenters. The Morgan fingerprint density at radius 3 is 2.71 bits per heavy atom. The molecule has 0 amide bonds. The number of carboxylic acids is 1. The highest BCUT2D eigenvalue weighted by atomic mass is 16.6. The summed E-state index contributed by atoms with van der Waals surface area (Å²) in [5, 5.41) is 9.34. The van der Waals surface area contributed by atoms with E-state index in [0.717, 1.165) is 7.11 Å². The third-order valence-electron chi connectivity index (χ3n) is 3.57. The molecule has 0 saturated carbocycles. The van der Waals surface area contributed by atoms with Gasteiger partial charge in [-0.15, -0.1) is 0 Å². The first-order valence-corrected chi connectivity index (χ1v) is 6.33. The molecule has 1 aromatic carbocycles. The normalized spacial score (nSPS) is 22.1. The van der Waals surface area contributed by atoms with E-state index in [0.29, 0.717) is 17.7 Å². The number of hydrogen-bond donors (Lipinski definition) is 1. The molecule has 21 heavy (non-hydrogen) atoms. The monoisotopic (exact) mass is 292 g/mol. The molecule has 0 aliphatic carbocycles. The number of aromatic carboxylic acids is 1. The number of rotatable bonds is 2. The molecular formula is C14H12O7. The summed E-state index contributed by atoms with van der Waals surface area (Å²) in [7, 11) is 1.12. The number of hydrogen-bond acceptors (Lipinski definition) is 6. The van der Waals surface area contributed by atoms with Crippen molar-refractivity contribution in [3.8, 4) is 11.5 Å². The van der Waals surface area contributed by atoms with Crippen molar-refractivity contribution in [2.24, 2.45) is 0 Å². The van der Waals surface area contributed by atoms with E-state index >= 15 is 0 Å². The molecule has 0 bridgehead atoms. The molecule has 2 heterocycles. The Bertz CT molecular complexity index is 676. The second-order valence-electron chi connectivity index (χ2n) is 4.97. The zero-order valence-electron chi connectivity index (χ0n) is 11.3. The number of fused-ring (bicyclic) bond motifs is 3. The maximum absolute atomic E-state index is 11.9. The van der Waals surface area contributed by atoms with Gasteiger partial charge in [0.2, 0.25) is 0 Å². The third kappa shape index (κ3) is 1.84. The van der Waals surface area contributed by atoms with Gasteiger partial charge in [-0.2, -0.15) is 0 Å². The molecule has 3 rings (SSSR count). The molecule has 0 radical (unpaired) electrons. The van der Waals surface area contributed by atoms with Gasteiger partial charge in [-0.1, -0.05) is 0 Å². The van der Waals surface area contributed by atoms with Gasteiger partial charge in [0.15, 0.2) is 17.4 Å². The Labute approximate surface area is 119 Å². The number of carbonyl (C=O) groups is 3. The molecule has 2 aliphatic heterocycles. The van der Waals surface area contributed by atoms with E-state index in [4.69, 9.17) is 9.47 Å². The van der Waals surface area contributed by atoms with Crippen LogP contribution in [0.1, 0.15) is 34.3 Å². The minimum absolute atomic E-state index is 0.00667. The molecular weight excluding hydrogens is 280 g/mol. The number of benzene rings is 1. The van der Waals surface area contributed by atoms with Crippen molar-refractivity contribution in [3.05, 3.63) is 22.8 Å². The lowest BCUT2D eigenvalue weighted by Crippen LogP contribution is -2.22. The Kier molecular flexibility index (Phi) is 2.86. The Morgan fingerprint density at radius 2 is 2.10 bits per heavy atom. The SMILES string of the molecule is COC(=O)[C@H]1C(=O)Oc2c3c(cc(C(=O)O)c21)C[C@H](C)O3. The van der Waals surface area contributed by atoms with Gasteiger partial charge in [-0.25, -0.2) is 4.79 Å². The number of ether oxygens (including phenoxy) is 3. The fourth-order valence-corrected chi connectivity index (χ4v) is 2.72. The summed E-state index contributed by atoms with van der Waals surface area (Å²) in [5.74, 6) is -3.97. The van der Waals surface area contributed by atoms with Crippen molar-refractivity contribution < 1.29 is 33.7 Å². The van der Waals surface area contributed by atoms with Crippen molar-refractivity contribution in [2.45, 2.75) is 25.4 Å². The smallest absolute Gasteiger partial charge is 0.336 e. The van der Waals surface area contributed by atoms with E-state index in [9.17, 15) is 19.5 Å². The lowest BCUT2D eigenvalue weighted by molar-refractivity contribution is -0.149. The van der Waals surface area contributed by atoms with E-state index in [-0.39, 0.29) is 23.0 Å². The first-order valence-electron chi connectivity index (χ1n) is 6.33. The molecule has 0 aromatic heterocycles. The molecule has 1 aromatic rings. The summed E-state index contributed by atoms with van der Waals surface area (Å²) in [4.78, 5) is 35.1. The van der Waals surface area contributed by atoms with Crippen LogP contribution in [-0.4, -0.2) is 36.2 Å². The van der Waals surface area contributed by atoms with Crippen LogP contribution >= 0.6 is 0 Å². The molecule has 2 aliphatic rings. The van der Waals surface area contributed by atoms with Crippen molar-refractivity contribution in [1.29, 1.82) is 0 Å². The zero-order valence-corrected chi connectivity index (χ0v) is 11.3. The van der Waals surface area contributed by atoms with Crippen LogP contribution in [0.5, 0.6) is 11.5 Å². The van der Waals surface area contributed by atoms with Crippen LogP contribution in [0.2, 0.25) is 0 Å². The summed E-state index contributed by atoms with van der Waals surface area (Å²) in [5.41, 5.74) is 0.520. The molecule has 1 N–H and O–H groups in total. The standard InChI is InChI=1S/C14H12O7/c1-5-3-6-4-7(12(15)16)8-9(13(17)19-2)14(18)21-11(8)10(6)20-5/h4-5,9H,3H2,1-2H3,(H,15,16)/t5-,9-/m0/s1. The van der Waals surface area contributed by atoms with Gasteiger partial charge in [0.1, 0.15) is 6.10 Å². The van der Waals surface area contributed by atoms with Crippen LogP contribution in [0.3, 0.4) is 0 Å². The van der Waals surface area contributed by atoms with Crippen molar-refractivity contribution >= 4 is 17.9 Å². The van der Waals surface area contributed by atoms with Crippen LogP contribution in [0.25, 0.3) is 0 Å². The summed E-state index contributed by atoms with van der Waals surface area (Å²) in [6.45, 7) is 1.82. The zero-order chi connectivity index (χ0) is 15.3. The average Bonchev–Trinajstić information content (AvgIpc) is 2.95. The highest BCUT2D eigenvalue weighted by Crippen LogP contribution is 2.49. The highest BCUT2D eigenvalue weighted by molar-refractivity contribution is 6.09. The maximum atomic E-state index is 11.9. The topological polar surface area (TPSA) is 99.1 Å². The van der Waals surface area contributed by atoms with Gasteiger partial charge >= 0.3 is 17.9 Å². The number of carboxylic acid groups (broad SMARTS) is 1. The quantitative estimate of drug-likeness (QED) is 0.490. The van der Waals surface area contributed by atoms with E-state index in [1.165, 1.54) is 6.07 Å². The highest BCUT2D eigenvalue weighted by Gasteiger charge is 2.46. The largest absolute Gasteiger partial charge is 0.486 e. The lowest BCUT2D eigenvalue weighted by Gasteiger charge is -2.10. The molecule has 0 spiro atoms. The van der Waals surface area contributed by atoms with Crippen LogP contribution in [0, 0.1) is 0 Å². The van der Waals surface area contributed by atoms with Gasteiger partial charge in [0.25, 0.3) is 0 Å². The maximum Gasteiger partial charge on any atom is 0.336 e. The number of methoxy groups -OCH3 is 1. The first kappa shape index (κ1) is 13.4. The van der Waals surface area contributed by atoms with Crippen LogP contribution in [0.15, 0.2) is 6.07 Å². The summed E-state index contributed by atoms with van der Waals surface area (Å²) in [6, 6.07) is 1.43. The van der Waals surface area contributed by atoms with Crippen molar-refractivity contribution in [1.82, 2.24) is 0 Å². The molecule has 7 nitrogen and oxygen atoms in total. The summed E-state index contributed by atoms with van der Waals surface area (Å²) < 4.78 is 15.2. The van der Waals surface area contributed by atoms with Gasteiger partial charge in [0, 0.05) is 17.5 Å². The Hall–Kier alpha value is -2.57. The third-order valence-corrected chi connectivity index (χ3v) is 3.57. The fourth-order valence-electron chi connectivity index (χ4n) is 2.72. The van der Waals surface area contributed by atoms with Gasteiger partial charge in [-0.05, 0) is 13.0 Å². The minimum atomic E-state index is -1.39. The Morgan fingerprint density at radius 1 is 1.38 bits per heavy atom. The molecule has 0 saturated heterocycles. The Balaban J connectivity index is 2.25.